The van der Waals surface area contributed by atoms with Crippen LogP contribution >= 0.6 is 0 Å². The van der Waals surface area contributed by atoms with Gasteiger partial charge >= 0.3 is 0 Å². The van der Waals surface area contributed by atoms with Gasteiger partial charge in [-0.1, -0.05) is 42.5 Å². The van der Waals surface area contributed by atoms with Gasteiger partial charge in [-0.25, -0.2) is 0 Å². The van der Waals surface area contributed by atoms with Gasteiger partial charge in [0.25, 0.3) is 0 Å². The summed E-state index contributed by atoms with van der Waals surface area (Å²) in [5, 5.41) is 9.43. The molecule has 2 aromatic carbocycles. The van der Waals surface area contributed by atoms with Crippen molar-refractivity contribution < 1.29 is 4.79 Å². The standard InChI is InChI=1S/C19H19N3O/c1-14(17-9-5-7-16-6-3-4-8-18(16)17)21-19(23)11-10-15-12-20-22(2)13-15/h3-14H,1-2H3,(H,21,23)/b11-10+. The topological polar surface area (TPSA) is 46.9 Å². The van der Waals surface area contributed by atoms with Crippen LogP contribution < -0.4 is 5.32 Å². The molecule has 0 fully saturated rings. The number of aromatic nitrogens is 2. The number of nitrogens with one attached hydrogen (secondary N) is 1. The normalized spacial score (nSPS) is 12.6. The molecule has 0 radical (unpaired) electrons. The number of fused-ring (bicyclic) bond motifs is 1. The SMILES string of the molecule is CC(NC(=O)/C=C/c1cnn(C)c1)c1cccc2ccccc12. The van der Waals surface area contributed by atoms with E-state index in [0.29, 0.717) is 0 Å². The van der Waals surface area contributed by atoms with Crippen molar-refractivity contribution >= 4 is 22.8 Å². The minimum absolute atomic E-state index is 0.0628. The fourth-order valence-corrected chi connectivity index (χ4v) is 2.67. The monoisotopic (exact) mass is 305 g/mol. The van der Waals surface area contributed by atoms with Crippen LogP contribution in [0.3, 0.4) is 0 Å². The Morgan fingerprint density at radius 1 is 1.22 bits per heavy atom. The van der Waals surface area contributed by atoms with E-state index in [9.17, 15) is 4.79 Å². The highest BCUT2D eigenvalue weighted by molar-refractivity contribution is 5.92. The third-order valence-electron chi connectivity index (χ3n) is 3.80. The van der Waals surface area contributed by atoms with Crippen LogP contribution in [-0.4, -0.2) is 15.7 Å². The molecule has 0 aliphatic heterocycles. The minimum atomic E-state index is -0.116. The summed E-state index contributed by atoms with van der Waals surface area (Å²) in [6.07, 6.45) is 6.88. The van der Waals surface area contributed by atoms with E-state index in [1.165, 1.54) is 10.8 Å². The number of rotatable bonds is 4. The molecule has 4 nitrogen and oxygen atoms in total. The Balaban J connectivity index is 1.74. The molecule has 0 saturated carbocycles. The number of carbonyl (C=O) groups is 1. The van der Waals surface area contributed by atoms with Crippen LogP contribution in [0.1, 0.15) is 24.1 Å². The highest BCUT2D eigenvalue weighted by Gasteiger charge is 2.10. The molecule has 3 rings (SSSR count). The highest BCUT2D eigenvalue weighted by Crippen LogP contribution is 2.23. The zero-order chi connectivity index (χ0) is 16.2. The number of benzene rings is 2. The van der Waals surface area contributed by atoms with Crippen molar-refractivity contribution in [2.45, 2.75) is 13.0 Å². The van der Waals surface area contributed by atoms with E-state index in [1.807, 2.05) is 38.4 Å². The number of amides is 1. The lowest BCUT2D eigenvalue weighted by Crippen LogP contribution is -2.24. The lowest BCUT2D eigenvalue weighted by molar-refractivity contribution is -0.117. The van der Waals surface area contributed by atoms with Crippen molar-refractivity contribution in [1.29, 1.82) is 0 Å². The predicted molar refractivity (Wildman–Crippen MR) is 92.7 cm³/mol. The number of aryl methyl sites for hydroxylation is 1. The van der Waals surface area contributed by atoms with Crippen LogP contribution in [0, 0.1) is 0 Å². The van der Waals surface area contributed by atoms with E-state index < -0.39 is 0 Å². The molecular formula is C19H19N3O. The summed E-state index contributed by atoms with van der Waals surface area (Å²) in [7, 11) is 1.85. The van der Waals surface area contributed by atoms with Gasteiger partial charge in [0, 0.05) is 24.9 Å². The van der Waals surface area contributed by atoms with Gasteiger partial charge in [-0.2, -0.15) is 5.10 Å². The van der Waals surface area contributed by atoms with Gasteiger partial charge in [0.05, 0.1) is 12.2 Å². The molecule has 0 bridgehead atoms. The van der Waals surface area contributed by atoms with Gasteiger partial charge in [-0.3, -0.25) is 9.48 Å². The Morgan fingerprint density at radius 3 is 2.78 bits per heavy atom. The molecule has 116 valence electrons. The average molecular weight is 305 g/mol. The van der Waals surface area contributed by atoms with E-state index in [2.05, 4.69) is 34.7 Å². The quantitative estimate of drug-likeness (QED) is 0.750. The number of hydrogen-bond donors (Lipinski definition) is 1. The largest absolute Gasteiger partial charge is 0.346 e. The third-order valence-corrected chi connectivity index (χ3v) is 3.80. The average Bonchev–Trinajstić information content (AvgIpc) is 2.98. The third kappa shape index (κ3) is 3.48. The Hall–Kier alpha value is -2.88. The molecule has 1 amide bonds. The molecule has 1 aromatic heterocycles. The first kappa shape index (κ1) is 15.0. The maximum absolute atomic E-state index is 12.1. The van der Waals surface area contributed by atoms with Crippen molar-refractivity contribution in [2.24, 2.45) is 7.05 Å². The van der Waals surface area contributed by atoms with E-state index in [0.717, 1.165) is 11.1 Å². The first-order valence-electron chi connectivity index (χ1n) is 7.58. The molecule has 4 heteroatoms. The van der Waals surface area contributed by atoms with E-state index in [1.54, 1.807) is 23.0 Å². The lowest BCUT2D eigenvalue weighted by Gasteiger charge is -2.15. The van der Waals surface area contributed by atoms with E-state index >= 15 is 0 Å². The van der Waals surface area contributed by atoms with Crippen molar-refractivity contribution in [3.63, 3.8) is 0 Å². The van der Waals surface area contributed by atoms with Gasteiger partial charge in [-0.15, -0.1) is 0 Å². The number of nitrogens with zero attached hydrogens (tertiary/aromatic N) is 2. The zero-order valence-corrected chi connectivity index (χ0v) is 13.2. The molecule has 0 saturated heterocycles. The first-order chi connectivity index (χ1) is 11.1. The van der Waals surface area contributed by atoms with Crippen molar-refractivity contribution in [3.8, 4) is 0 Å². The van der Waals surface area contributed by atoms with Gasteiger partial charge in [0.1, 0.15) is 0 Å². The number of carbonyl (C=O) groups excluding carboxylic acids is 1. The zero-order valence-electron chi connectivity index (χ0n) is 13.2. The maximum atomic E-state index is 12.1. The summed E-state index contributed by atoms with van der Waals surface area (Å²) in [6, 6.07) is 14.3. The van der Waals surface area contributed by atoms with Crippen LogP contribution in [0.5, 0.6) is 0 Å². The molecule has 1 N–H and O–H groups in total. The smallest absolute Gasteiger partial charge is 0.244 e. The summed E-state index contributed by atoms with van der Waals surface area (Å²) in [4.78, 5) is 12.1. The minimum Gasteiger partial charge on any atom is -0.346 e. The fraction of sp³-hybridized carbons (Fsp3) is 0.158. The second-order valence-electron chi connectivity index (χ2n) is 5.58. The van der Waals surface area contributed by atoms with Gasteiger partial charge in [0.2, 0.25) is 5.91 Å². The van der Waals surface area contributed by atoms with Gasteiger partial charge in [-0.05, 0) is 29.3 Å². The number of hydrogen-bond acceptors (Lipinski definition) is 2. The van der Waals surface area contributed by atoms with Crippen LogP contribution in [-0.2, 0) is 11.8 Å². The summed E-state index contributed by atoms with van der Waals surface area (Å²) < 4.78 is 1.70. The predicted octanol–water partition coefficient (Wildman–Crippen LogP) is 3.46. The van der Waals surface area contributed by atoms with Gasteiger partial charge < -0.3 is 5.32 Å². The first-order valence-corrected chi connectivity index (χ1v) is 7.58. The summed E-state index contributed by atoms with van der Waals surface area (Å²) in [6.45, 7) is 2.00. The van der Waals surface area contributed by atoms with Crippen molar-refractivity contribution in [1.82, 2.24) is 15.1 Å². The van der Waals surface area contributed by atoms with E-state index in [4.69, 9.17) is 0 Å². The van der Waals surface area contributed by atoms with E-state index in [-0.39, 0.29) is 11.9 Å². The molecule has 1 atom stereocenters. The highest BCUT2D eigenvalue weighted by atomic mass is 16.1. The molecule has 1 unspecified atom stereocenters. The van der Waals surface area contributed by atoms with Crippen LogP contribution in [0.2, 0.25) is 0 Å². The summed E-state index contributed by atoms with van der Waals surface area (Å²) in [5.74, 6) is -0.116. The molecule has 3 aromatic rings. The van der Waals surface area contributed by atoms with Crippen molar-refractivity contribution in [3.05, 3.63) is 72.1 Å². The molecular weight excluding hydrogens is 286 g/mol. The Bertz CT molecular complexity index is 858. The Kier molecular flexibility index (Phi) is 4.24. The summed E-state index contributed by atoms with van der Waals surface area (Å²) in [5.41, 5.74) is 2.02. The molecule has 23 heavy (non-hydrogen) atoms. The van der Waals surface area contributed by atoms with Gasteiger partial charge in [0.15, 0.2) is 0 Å². The Labute approximate surface area is 135 Å². The molecule has 1 heterocycles. The van der Waals surface area contributed by atoms with Crippen molar-refractivity contribution in [2.75, 3.05) is 0 Å². The molecule has 0 aliphatic carbocycles. The van der Waals surface area contributed by atoms with Crippen LogP contribution in [0.4, 0.5) is 0 Å². The maximum Gasteiger partial charge on any atom is 0.244 e. The Morgan fingerprint density at radius 2 is 2.00 bits per heavy atom. The fourth-order valence-electron chi connectivity index (χ4n) is 2.67. The lowest BCUT2D eigenvalue weighted by atomic mass is 10.00. The summed E-state index contributed by atoms with van der Waals surface area (Å²) >= 11 is 0. The molecule has 0 aliphatic rings. The van der Waals surface area contributed by atoms with Crippen LogP contribution in [0.15, 0.2) is 60.9 Å². The second-order valence-corrected chi connectivity index (χ2v) is 5.58. The van der Waals surface area contributed by atoms with Crippen LogP contribution in [0.25, 0.3) is 16.8 Å². The second kappa shape index (κ2) is 6.48. The molecule has 0 spiro atoms.